The second-order valence-electron chi connectivity index (χ2n) is 9.26. The van der Waals surface area contributed by atoms with Crippen LogP contribution in [0.4, 0.5) is 0 Å². The summed E-state index contributed by atoms with van der Waals surface area (Å²) in [5.41, 5.74) is 4.24. The van der Waals surface area contributed by atoms with E-state index in [1.54, 1.807) is 12.1 Å². The molecule has 0 N–H and O–H groups in total. The molecule has 0 saturated heterocycles. The summed E-state index contributed by atoms with van der Waals surface area (Å²) in [4.78, 5) is 26.8. The molecule has 0 aromatic heterocycles. The third kappa shape index (κ3) is 5.56. The van der Waals surface area contributed by atoms with Crippen LogP contribution in [0, 0.1) is 0 Å². The molecule has 1 atom stereocenters. The Kier molecular flexibility index (Phi) is 8.87. The first-order valence-corrected chi connectivity index (χ1v) is 15.6. The summed E-state index contributed by atoms with van der Waals surface area (Å²) in [6.45, 7) is 0. The molecule has 0 aliphatic carbocycles. The second-order valence-corrected chi connectivity index (χ2v) is 13.6. The monoisotopic (exact) mass is 690 g/mol. The summed E-state index contributed by atoms with van der Waals surface area (Å²) >= 11 is 24.8. The van der Waals surface area contributed by atoms with E-state index in [4.69, 9.17) is 55.9 Å². The summed E-state index contributed by atoms with van der Waals surface area (Å²) < 4.78 is 9.78. The molecule has 1 aliphatic rings. The van der Waals surface area contributed by atoms with Crippen LogP contribution in [0.25, 0.3) is 5.57 Å². The third-order valence-electron chi connectivity index (χ3n) is 6.99. The van der Waals surface area contributed by atoms with Crippen LogP contribution in [-0.4, -0.2) is 41.1 Å². The Hall–Kier alpha value is -2.76. The normalized spacial score (nSPS) is 16.4. The fraction of sp³-hybridized carbons (Fsp3) is 0.125. The van der Waals surface area contributed by atoms with Gasteiger partial charge in [0.25, 0.3) is 0 Å². The quantitative estimate of drug-likeness (QED) is 0.151. The van der Waals surface area contributed by atoms with E-state index in [9.17, 15) is 9.59 Å². The molecule has 0 saturated carbocycles. The van der Waals surface area contributed by atoms with Crippen molar-refractivity contribution in [2.24, 2.45) is 0 Å². The maximum absolute atomic E-state index is 13.5. The van der Waals surface area contributed by atoms with Gasteiger partial charge >= 0.3 is 266 Å². The van der Waals surface area contributed by atoms with Crippen molar-refractivity contribution in [2.45, 2.75) is 10.2 Å². The standard InChI is InChI=1S/C32H22Cl4O4Se/c1-39-30(37)27-25-17-24(36)15-16-26(25)32(41-29(27)31(38)40-2,20-7-13-23(35)14-8-20)28(18-3-9-21(33)10-4-18)19-5-11-22(34)12-6-19/h3-17,28H,1-2H3. The average molecular weight is 691 g/mol. The van der Waals surface area contributed by atoms with E-state index in [0.717, 1.165) is 22.3 Å². The molecule has 0 amide bonds. The molecule has 0 fully saturated rings. The topological polar surface area (TPSA) is 52.6 Å². The molecule has 0 bridgehead atoms. The number of carbonyl (C=O) groups excluding carboxylic acids is 2. The van der Waals surface area contributed by atoms with Crippen LogP contribution in [0.5, 0.6) is 0 Å². The Bertz CT molecular complexity index is 1610. The number of ether oxygens (including phenoxy) is 2. The number of hydrogen-bond acceptors (Lipinski definition) is 4. The van der Waals surface area contributed by atoms with Gasteiger partial charge in [-0.1, -0.05) is 0 Å². The molecule has 4 aromatic carbocycles. The molecule has 9 heteroatoms. The average Bonchev–Trinajstić information content (AvgIpc) is 2.98. The van der Waals surface area contributed by atoms with Gasteiger partial charge in [0.1, 0.15) is 0 Å². The summed E-state index contributed by atoms with van der Waals surface area (Å²) in [7, 11) is 2.58. The molecular formula is C32H22Cl4O4Se. The van der Waals surface area contributed by atoms with Gasteiger partial charge in [-0.25, -0.2) is 0 Å². The molecule has 1 unspecified atom stereocenters. The molecule has 208 valence electrons. The van der Waals surface area contributed by atoms with Crippen molar-refractivity contribution in [3.63, 3.8) is 0 Å². The predicted octanol–water partition coefficient (Wildman–Crippen LogP) is 8.15. The van der Waals surface area contributed by atoms with Gasteiger partial charge < -0.3 is 0 Å². The molecular weight excluding hydrogens is 669 g/mol. The van der Waals surface area contributed by atoms with Crippen LogP contribution in [0.1, 0.15) is 33.7 Å². The molecule has 4 nitrogen and oxygen atoms in total. The van der Waals surface area contributed by atoms with Crippen molar-refractivity contribution in [3.05, 3.63) is 143 Å². The zero-order valence-electron chi connectivity index (χ0n) is 21.8. The number of halogens is 4. The number of hydrogen-bond donors (Lipinski definition) is 0. The van der Waals surface area contributed by atoms with Crippen molar-refractivity contribution in [3.8, 4) is 0 Å². The number of fused-ring (bicyclic) bond motifs is 1. The van der Waals surface area contributed by atoms with Crippen LogP contribution in [0.3, 0.4) is 0 Å². The summed E-state index contributed by atoms with van der Waals surface area (Å²) in [6.07, 6.45) is 0. The van der Waals surface area contributed by atoms with Crippen molar-refractivity contribution in [1.29, 1.82) is 0 Å². The Morgan fingerprint density at radius 3 is 1.61 bits per heavy atom. The minimum absolute atomic E-state index is 0.146. The fourth-order valence-electron chi connectivity index (χ4n) is 5.24. The first kappa shape index (κ1) is 29.7. The minimum atomic E-state index is -0.889. The van der Waals surface area contributed by atoms with Gasteiger partial charge in [-0.3, -0.25) is 0 Å². The summed E-state index contributed by atoms with van der Waals surface area (Å²) in [5, 5.41) is 2.16. The zero-order chi connectivity index (χ0) is 29.3. The number of esters is 2. The molecule has 41 heavy (non-hydrogen) atoms. The first-order chi connectivity index (χ1) is 19.7. The van der Waals surface area contributed by atoms with E-state index in [0.29, 0.717) is 25.7 Å². The van der Waals surface area contributed by atoms with Gasteiger partial charge in [-0.15, -0.1) is 0 Å². The van der Waals surface area contributed by atoms with Crippen molar-refractivity contribution >= 4 is 78.9 Å². The van der Waals surface area contributed by atoms with E-state index in [-0.39, 0.29) is 16.0 Å². The van der Waals surface area contributed by atoms with Crippen LogP contribution in [-0.2, 0) is 23.4 Å². The van der Waals surface area contributed by atoms with Gasteiger partial charge in [0.15, 0.2) is 0 Å². The van der Waals surface area contributed by atoms with E-state index in [1.165, 1.54) is 14.2 Å². The van der Waals surface area contributed by atoms with Crippen LogP contribution < -0.4 is 0 Å². The maximum atomic E-state index is 13.5. The van der Waals surface area contributed by atoms with Gasteiger partial charge in [-0.05, 0) is 0 Å². The van der Waals surface area contributed by atoms with E-state index >= 15 is 0 Å². The molecule has 0 spiro atoms. The van der Waals surface area contributed by atoms with Crippen molar-refractivity contribution < 1.29 is 19.1 Å². The van der Waals surface area contributed by atoms with Gasteiger partial charge in [-0.2, -0.15) is 0 Å². The molecule has 4 aromatic rings. The second kappa shape index (κ2) is 12.2. The van der Waals surface area contributed by atoms with E-state index in [1.807, 2.05) is 78.9 Å². The van der Waals surface area contributed by atoms with Crippen molar-refractivity contribution in [1.82, 2.24) is 0 Å². The van der Waals surface area contributed by atoms with E-state index < -0.39 is 31.2 Å². The van der Waals surface area contributed by atoms with Gasteiger partial charge in [0, 0.05) is 0 Å². The van der Waals surface area contributed by atoms with Gasteiger partial charge in [0.05, 0.1) is 0 Å². The Labute approximate surface area is 264 Å². The Balaban J connectivity index is 1.96. The third-order valence-corrected chi connectivity index (χ3v) is 11.3. The number of benzene rings is 4. The Morgan fingerprint density at radius 1 is 0.659 bits per heavy atom. The first-order valence-electron chi connectivity index (χ1n) is 12.4. The number of methoxy groups -OCH3 is 2. The fourth-order valence-corrected chi connectivity index (χ4v) is 9.39. The van der Waals surface area contributed by atoms with Gasteiger partial charge in [0.2, 0.25) is 0 Å². The van der Waals surface area contributed by atoms with Crippen LogP contribution in [0.15, 0.2) is 95.5 Å². The summed E-state index contributed by atoms with van der Waals surface area (Å²) in [6, 6.07) is 28.2. The van der Waals surface area contributed by atoms with Crippen LogP contribution >= 0.6 is 46.4 Å². The Morgan fingerprint density at radius 2 is 1.12 bits per heavy atom. The number of rotatable bonds is 6. The van der Waals surface area contributed by atoms with Crippen LogP contribution in [0.2, 0.25) is 20.1 Å². The van der Waals surface area contributed by atoms with E-state index in [2.05, 4.69) is 0 Å². The molecule has 1 aliphatic heterocycles. The molecule has 1 heterocycles. The zero-order valence-corrected chi connectivity index (χ0v) is 26.5. The van der Waals surface area contributed by atoms with Crippen molar-refractivity contribution in [2.75, 3.05) is 14.2 Å². The summed E-state index contributed by atoms with van der Waals surface area (Å²) in [5.74, 6) is -1.62. The number of carbonyl (C=O) groups is 2. The predicted molar refractivity (Wildman–Crippen MR) is 165 cm³/mol. The molecule has 5 rings (SSSR count). The molecule has 0 radical (unpaired) electrons. The SMILES string of the molecule is COC(=O)C1=C(C(=O)OC)c2cc(Cl)ccc2C(c2ccc(Cl)cc2)(C(c2ccc(Cl)cc2)c2ccc(Cl)cc2)[Se]1.